The Hall–Kier alpha value is -2.53. The molecule has 28 heavy (non-hydrogen) atoms. The van der Waals surface area contributed by atoms with Crippen LogP contribution in [-0.2, 0) is 4.79 Å². The van der Waals surface area contributed by atoms with Gasteiger partial charge >= 0.3 is 0 Å². The fourth-order valence-corrected chi connectivity index (χ4v) is 3.78. The number of hydrogen-bond acceptors (Lipinski definition) is 4. The molecule has 0 unspecified atom stereocenters. The van der Waals surface area contributed by atoms with Gasteiger partial charge in [-0.1, -0.05) is 55.8 Å². The summed E-state index contributed by atoms with van der Waals surface area (Å²) >= 11 is 0. The number of anilines is 1. The first kappa shape index (κ1) is 20.2. The predicted molar refractivity (Wildman–Crippen MR) is 114 cm³/mol. The second kappa shape index (κ2) is 10.1. The van der Waals surface area contributed by atoms with E-state index in [4.69, 9.17) is 4.74 Å². The zero-order valence-corrected chi connectivity index (χ0v) is 16.9. The van der Waals surface area contributed by atoms with Crippen LogP contribution in [0.2, 0.25) is 0 Å². The van der Waals surface area contributed by atoms with Crippen molar-refractivity contribution >= 4 is 11.6 Å². The SMILES string of the molecule is CCC[C@H](NC(=O)CN1CCN(c2ccccc2OC)CC1)c1ccccc1. The van der Waals surface area contributed by atoms with E-state index >= 15 is 0 Å². The van der Waals surface area contributed by atoms with Gasteiger partial charge in [0.15, 0.2) is 0 Å². The maximum Gasteiger partial charge on any atom is 0.234 e. The summed E-state index contributed by atoms with van der Waals surface area (Å²) in [6.45, 7) is 6.13. The topological polar surface area (TPSA) is 44.8 Å². The number of carbonyl (C=O) groups excluding carboxylic acids is 1. The van der Waals surface area contributed by atoms with Crippen LogP contribution in [0.4, 0.5) is 5.69 Å². The van der Waals surface area contributed by atoms with Gasteiger partial charge in [0.2, 0.25) is 5.91 Å². The lowest BCUT2D eigenvalue weighted by Crippen LogP contribution is -2.49. The Labute approximate surface area is 168 Å². The summed E-state index contributed by atoms with van der Waals surface area (Å²) in [6, 6.07) is 18.5. The number of rotatable bonds is 8. The first-order valence-corrected chi connectivity index (χ1v) is 10.2. The minimum Gasteiger partial charge on any atom is -0.495 e. The number of methoxy groups -OCH3 is 1. The maximum absolute atomic E-state index is 12.6. The van der Waals surface area contributed by atoms with Crippen LogP contribution in [0.1, 0.15) is 31.4 Å². The second-order valence-electron chi connectivity index (χ2n) is 7.25. The van der Waals surface area contributed by atoms with E-state index in [1.165, 1.54) is 5.56 Å². The van der Waals surface area contributed by atoms with Crippen LogP contribution in [0, 0.1) is 0 Å². The molecule has 0 aliphatic carbocycles. The summed E-state index contributed by atoms with van der Waals surface area (Å²) < 4.78 is 5.48. The summed E-state index contributed by atoms with van der Waals surface area (Å²) in [5, 5.41) is 3.23. The molecule has 150 valence electrons. The molecule has 0 radical (unpaired) electrons. The largest absolute Gasteiger partial charge is 0.495 e. The molecule has 1 atom stereocenters. The molecule has 1 heterocycles. The highest BCUT2D eigenvalue weighted by atomic mass is 16.5. The molecule has 1 aliphatic heterocycles. The van der Waals surface area contributed by atoms with Crippen molar-refractivity contribution in [2.45, 2.75) is 25.8 Å². The zero-order valence-electron chi connectivity index (χ0n) is 16.9. The lowest BCUT2D eigenvalue weighted by Gasteiger charge is -2.36. The van der Waals surface area contributed by atoms with E-state index in [1.54, 1.807) is 7.11 Å². The van der Waals surface area contributed by atoms with Gasteiger partial charge < -0.3 is 15.0 Å². The summed E-state index contributed by atoms with van der Waals surface area (Å²) in [5.74, 6) is 1.01. The van der Waals surface area contributed by atoms with Gasteiger partial charge in [-0.25, -0.2) is 0 Å². The average Bonchev–Trinajstić information content (AvgIpc) is 2.74. The molecule has 5 nitrogen and oxygen atoms in total. The van der Waals surface area contributed by atoms with Crippen LogP contribution in [0.25, 0.3) is 0 Å². The molecule has 0 bridgehead atoms. The Bertz CT molecular complexity index is 743. The summed E-state index contributed by atoms with van der Waals surface area (Å²) in [4.78, 5) is 17.2. The molecule has 2 aromatic carbocycles. The van der Waals surface area contributed by atoms with E-state index < -0.39 is 0 Å². The molecule has 1 N–H and O–H groups in total. The highest BCUT2D eigenvalue weighted by molar-refractivity contribution is 5.78. The summed E-state index contributed by atoms with van der Waals surface area (Å²) in [5.41, 5.74) is 2.31. The highest BCUT2D eigenvalue weighted by Crippen LogP contribution is 2.28. The van der Waals surface area contributed by atoms with Gasteiger partial charge in [0.05, 0.1) is 25.4 Å². The first-order chi connectivity index (χ1) is 13.7. The molecule has 1 aliphatic rings. The Morgan fingerprint density at radius 3 is 2.39 bits per heavy atom. The third-order valence-corrected chi connectivity index (χ3v) is 5.28. The van der Waals surface area contributed by atoms with Gasteiger partial charge in [0.25, 0.3) is 0 Å². The smallest absolute Gasteiger partial charge is 0.234 e. The molecule has 5 heteroatoms. The number of hydrogen-bond donors (Lipinski definition) is 1. The van der Waals surface area contributed by atoms with Crippen molar-refractivity contribution in [1.82, 2.24) is 10.2 Å². The van der Waals surface area contributed by atoms with E-state index in [2.05, 4.69) is 40.2 Å². The fourth-order valence-electron chi connectivity index (χ4n) is 3.78. The Balaban J connectivity index is 1.52. The number of amides is 1. The average molecular weight is 382 g/mol. The van der Waals surface area contributed by atoms with Crippen LogP contribution in [0.3, 0.4) is 0 Å². The molecule has 0 aromatic heterocycles. The van der Waals surface area contributed by atoms with Crippen molar-refractivity contribution in [2.75, 3.05) is 44.7 Å². The van der Waals surface area contributed by atoms with Crippen LogP contribution < -0.4 is 15.0 Å². The second-order valence-corrected chi connectivity index (χ2v) is 7.25. The normalized spacial score (nSPS) is 15.9. The van der Waals surface area contributed by atoms with Crippen molar-refractivity contribution in [2.24, 2.45) is 0 Å². The van der Waals surface area contributed by atoms with Crippen LogP contribution in [0.5, 0.6) is 5.75 Å². The minimum atomic E-state index is 0.0913. The number of ether oxygens (including phenoxy) is 1. The van der Waals surface area contributed by atoms with Gasteiger partial charge in [-0.2, -0.15) is 0 Å². The minimum absolute atomic E-state index is 0.0913. The monoisotopic (exact) mass is 381 g/mol. The molecule has 0 spiro atoms. The van der Waals surface area contributed by atoms with Crippen molar-refractivity contribution in [3.63, 3.8) is 0 Å². The van der Waals surface area contributed by atoms with Crippen molar-refractivity contribution in [3.8, 4) is 5.75 Å². The molecule has 1 fully saturated rings. The number of nitrogens with one attached hydrogen (secondary N) is 1. The molecule has 2 aromatic rings. The molecular formula is C23H31N3O2. The van der Waals surface area contributed by atoms with Crippen LogP contribution in [-0.4, -0.2) is 50.6 Å². The first-order valence-electron chi connectivity index (χ1n) is 10.2. The third kappa shape index (κ3) is 5.26. The fraction of sp³-hybridized carbons (Fsp3) is 0.435. The molecule has 1 amide bonds. The van der Waals surface area contributed by atoms with Crippen LogP contribution >= 0.6 is 0 Å². The number of carbonyl (C=O) groups is 1. The number of benzene rings is 2. The Kier molecular flexibility index (Phi) is 7.31. The van der Waals surface area contributed by atoms with Gasteiger partial charge in [0, 0.05) is 26.2 Å². The number of nitrogens with zero attached hydrogens (tertiary/aromatic N) is 2. The highest BCUT2D eigenvalue weighted by Gasteiger charge is 2.22. The molecule has 1 saturated heterocycles. The lowest BCUT2D eigenvalue weighted by atomic mass is 10.0. The van der Waals surface area contributed by atoms with E-state index in [-0.39, 0.29) is 11.9 Å². The van der Waals surface area contributed by atoms with Crippen molar-refractivity contribution in [1.29, 1.82) is 0 Å². The van der Waals surface area contributed by atoms with E-state index in [9.17, 15) is 4.79 Å². The number of piperazine rings is 1. The summed E-state index contributed by atoms with van der Waals surface area (Å²) in [6.07, 6.45) is 1.99. The Morgan fingerprint density at radius 2 is 1.71 bits per heavy atom. The molecule has 3 rings (SSSR count). The molecular weight excluding hydrogens is 350 g/mol. The van der Waals surface area contributed by atoms with Gasteiger partial charge in [-0.05, 0) is 24.1 Å². The van der Waals surface area contributed by atoms with Crippen molar-refractivity contribution < 1.29 is 9.53 Å². The standard InChI is InChI=1S/C23H31N3O2/c1-3-9-20(19-10-5-4-6-11-19)24-23(27)18-25-14-16-26(17-15-25)21-12-7-8-13-22(21)28-2/h4-8,10-13,20H,3,9,14-18H2,1-2H3,(H,24,27)/t20-/m0/s1. The van der Waals surface area contributed by atoms with E-state index in [0.717, 1.165) is 50.5 Å². The summed E-state index contributed by atoms with van der Waals surface area (Å²) in [7, 11) is 1.71. The lowest BCUT2D eigenvalue weighted by molar-refractivity contribution is -0.123. The number of para-hydroxylation sites is 2. The van der Waals surface area contributed by atoms with Gasteiger partial charge in [0.1, 0.15) is 5.75 Å². The third-order valence-electron chi connectivity index (χ3n) is 5.28. The van der Waals surface area contributed by atoms with Crippen LogP contribution in [0.15, 0.2) is 54.6 Å². The maximum atomic E-state index is 12.6. The van der Waals surface area contributed by atoms with Crippen molar-refractivity contribution in [3.05, 3.63) is 60.2 Å². The van der Waals surface area contributed by atoms with Gasteiger partial charge in [-0.15, -0.1) is 0 Å². The zero-order chi connectivity index (χ0) is 19.8. The van der Waals surface area contributed by atoms with E-state index in [1.807, 2.05) is 36.4 Å². The van der Waals surface area contributed by atoms with Gasteiger partial charge in [-0.3, -0.25) is 9.69 Å². The predicted octanol–water partition coefficient (Wildman–Crippen LogP) is 3.47. The Morgan fingerprint density at radius 1 is 1.04 bits per heavy atom. The van der Waals surface area contributed by atoms with E-state index in [0.29, 0.717) is 6.54 Å². The molecule has 0 saturated carbocycles. The quantitative estimate of drug-likeness (QED) is 0.760.